The Morgan fingerprint density at radius 3 is 2.63 bits per heavy atom. The predicted octanol–water partition coefficient (Wildman–Crippen LogP) is 5.52. The lowest BCUT2D eigenvalue weighted by atomic mass is 10.1. The molecule has 0 saturated heterocycles. The molecular formula is C24H22FN3OS. The van der Waals surface area contributed by atoms with E-state index in [4.69, 9.17) is 4.98 Å². The van der Waals surface area contributed by atoms with Crippen molar-refractivity contribution in [2.45, 2.75) is 25.0 Å². The average molecular weight is 420 g/mol. The predicted molar refractivity (Wildman–Crippen MR) is 120 cm³/mol. The first-order chi connectivity index (χ1) is 14.6. The molecule has 0 atom stereocenters. The summed E-state index contributed by atoms with van der Waals surface area (Å²) in [5.41, 5.74) is 4.82. The molecule has 1 amide bonds. The van der Waals surface area contributed by atoms with Crippen LogP contribution < -0.4 is 5.32 Å². The number of carbonyl (C=O) groups excluding carboxylic acids is 1. The standard InChI is InChI=1S/C24H22FN3OS/c1-2-17-6-5-7-20(14-17)26-23(29)16-30-24-27-21-8-3-4-9-22(21)28(24)15-18-10-12-19(25)13-11-18/h3-14H,2,15-16H2,1H3,(H,26,29). The third-order valence-electron chi connectivity index (χ3n) is 4.82. The highest BCUT2D eigenvalue weighted by Crippen LogP contribution is 2.25. The molecule has 0 unspecified atom stereocenters. The zero-order valence-corrected chi connectivity index (χ0v) is 17.5. The lowest BCUT2D eigenvalue weighted by Gasteiger charge is -2.10. The van der Waals surface area contributed by atoms with Gasteiger partial charge in [0.1, 0.15) is 5.82 Å². The van der Waals surface area contributed by atoms with Crippen LogP contribution in [0.15, 0.2) is 78.0 Å². The number of amides is 1. The number of aryl methyl sites for hydroxylation is 1. The zero-order valence-electron chi connectivity index (χ0n) is 16.6. The van der Waals surface area contributed by atoms with Crippen molar-refractivity contribution in [1.82, 2.24) is 9.55 Å². The van der Waals surface area contributed by atoms with E-state index in [9.17, 15) is 9.18 Å². The number of fused-ring (bicyclic) bond motifs is 1. The van der Waals surface area contributed by atoms with Crippen molar-refractivity contribution in [1.29, 1.82) is 0 Å². The van der Waals surface area contributed by atoms with Crippen LogP contribution in [0.2, 0.25) is 0 Å². The van der Waals surface area contributed by atoms with Crippen LogP contribution in [-0.4, -0.2) is 21.2 Å². The number of carbonyl (C=O) groups is 1. The van der Waals surface area contributed by atoms with Gasteiger partial charge in [0.15, 0.2) is 5.16 Å². The first kappa shape index (κ1) is 20.2. The van der Waals surface area contributed by atoms with E-state index in [1.807, 2.05) is 48.5 Å². The number of hydrogen-bond donors (Lipinski definition) is 1. The van der Waals surface area contributed by atoms with E-state index >= 15 is 0 Å². The molecule has 1 heterocycles. The molecule has 4 nitrogen and oxygen atoms in total. The van der Waals surface area contributed by atoms with E-state index in [1.54, 1.807) is 12.1 Å². The number of anilines is 1. The van der Waals surface area contributed by atoms with Gasteiger partial charge in [0.05, 0.1) is 23.3 Å². The summed E-state index contributed by atoms with van der Waals surface area (Å²) < 4.78 is 15.3. The fourth-order valence-electron chi connectivity index (χ4n) is 3.28. The van der Waals surface area contributed by atoms with Gasteiger partial charge in [-0.3, -0.25) is 4.79 Å². The molecule has 4 aromatic rings. The summed E-state index contributed by atoms with van der Waals surface area (Å²) in [6.45, 7) is 2.64. The summed E-state index contributed by atoms with van der Waals surface area (Å²) in [5.74, 6) is -0.0791. The molecule has 0 aliphatic heterocycles. The Balaban J connectivity index is 1.51. The van der Waals surface area contributed by atoms with Crippen molar-refractivity contribution in [3.8, 4) is 0 Å². The number of rotatable bonds is 7. The molecule has 0 aliphatic carbocycles. The number of benzene rings is 3. The minimum atomic E-state index is -0.257. The number of imidazole rings is 1. The molecule has 1 N–H and O–H groups in total. The smallest absolute Gasteiger partial charge is 0.234 e. The van der Waals surface area contributed by atoms with Gasteiger partial charge in [0, 0.05) is 5.69 Å². The van der Waals surface area contributed by atoms with Gasteiger partial charge in [0.25, 0.3) is 0 Å². The summed E-state index contributed by atoms with van der Waals surface area (Å²) in [5, 5.41) is 3.72. The average Bonchev–Trinajstić information content (AvgIpc) is 3.11. The highest BCUT2D eigenvalue weighted by Gasteiger charge is 2.14. The van der Waals surface area contributed by atoms with Crippen molar-refractivity contribution in [3.63, 3.8) is 0 Å². The third-order valence-corrected chi connectivity index (χ3v) is 5.80. The van der Waals surface area contributed by atoms with Gasteiger partial charge in [-0.2, -0.15) is 0 Å². The van der Waals surface area contributed by atoms with Crippen molar-refractivity contribution >= 4 is 34.4 Å². The highest BCUT2D eigenvalue weighted by molar-refractivity contribution is 7.99. The van der Waals surface area contributed by atoms with Crippen LogP contribution in [0.1, 0.15) is 18.1 Å². The number of hydrogen-bond acceptors (Lipinski definition) is 3. The van der Waals surface area contributed by atoms with Gasteiger partial charge in [-0.05, 0) is 53.9 Å². The number of thioether (sulfide) groups is 1. The monoisotopic (exact) mass is 419 g/mol. The van der Waals surface area contributed by atoms with Crippen molar-refractivity contribution in [3.05, 3.63) is 89.7 Å². The minimum absolute atomic E-state index is 0.0753. The maximum Gasteiger partial charge on any atom is 0.234 e. The molecule has 30 heavy (non-hydrogen) atoms. The molecule has 0 bridgehead atoms. The highest BCUT2D eigenvalue weighted by atomic mass is 32.2. The molecular weight excluding hydrogens is 397 g/mol. The summed E-state index contributed by atoms with van der Waals surface area (Å²) in [7, 11) is 0. The normalized spacial score (nSPS) is 11.0. The van der Waals surface area contributed by atoms with Crippen LogP contribution in [0.25, 0.3) is 11.0 Å². The molecule has 4 rings (SSSR count). The Labute approximate surface area is 179 Å². The zero-order chi connectivity index (χ0) is 20.9. The quantitative estimate of drug-likeness (QED) is 0.402. The topological polar surface area (TPSA) is 46.9 Å². The Morgan fingerprint density at radius 2 is 1.83 bits per heavy atom. The fraction of sp³-hybridized carbons (Fsp3) is 0.167. The molecule has 1 aromatic heterocycles. The van der Waals surface area contributed by atoms with Gasteiger partial charge in [-0.25, -0.2) is 9.37 Å². The Morgan fingerprint density at radius 1 is 1.03 bits per heavy atom. The van der Waals surface area contributed by atoms with Gasteiger partial charge in [-0.15, -0.1) is 0 Å². The summed E-state index contributed by atoms with van der Waals surface area (Å²) in [6, 6.07) is 22.2. The fourth-order valence-corrected chi connectivity index (χ4v) is 4.10. The van der Waals surface area contributed by atoms with E-state index in [2.05, 4.69) is 16.8 Å². The number of halogens is 1. The second-order valence-electron chi connectivity index (χ2n) is 6.99. The van der Waals surface area contributed by atoms with Gasteiger partial charge >= 0.3 is 0 Å². The molecule has 0 fully saturated rings. The molecule has 0 saturated carbocycles. The number of aromatic nitrogens is 2. The lowest BCUT2D eigenvalue weighted by Crippen LogP contribution is -2.14. The van der Waals surface area contributed by atoms with E-state index in [-0.39, 0.29) is 17.5 Å². The van der Waals surface area contributed by atoms with Crippen LogP contribution in [0.4, 0.5) is 10.1 Å². The summed E-state index contributed by atoms with van der Waals surface area (Å²) >= 11 is 1.40. The molecule has 0 spiro atoms. The van der Waals surface area contributed by atoms with Gasteiger partial charge < -0.3 is 9.88 Å². The van der Waals surface area contributed by atoms with E-state index in [1.165, 1.54) is 29.5 Å². The maximum absolute atomic E-state index is 13.3. The Kier molecular flexibility index (Phi) is 6.14. The first-order valence-corrected chi connectivity index (χ1v) is 10.8. The third kappa shape index (κ3) is 4.71. The number of nitrogens with zero attached hydrogens (tertiary/aromatic N) is 2. The largest absolute Gasteiger partial charge is 0.325 e. The van der Waals surface area contributed by atoms with Crippen molar-refractivity contribution in [2.75, 3.05) is 11.1 Å². The van der Waals surface area contributed by atoms with Crippen LogP contribution in [0, 0.1) is 5.82 Å². The Bertz CT molecular complexity index is 1170. The molecule has 3 aromatic carbocycles. The van der Waals surface area contributed by atoms with E-state index < -0.39 is 0 Å². The molecule has 0 aliphatic rings. The van der Waals surface area contributed by atoms with Crippen LogP contribution in [0.3, 0.4) is 0 Å². The van der Waals surface area contributed by atoms with E-state index in [0.717, 1.165) is 33.9 Å². The van der Waals surface area contributed by atoms with Crippen LogP contribution >= 0.6 is 11.8 Å². The van der Waals surface area contributed by atoms with Gasteiger partial charge in [-0.1, -0.05) is 55.1 Å². The number of para-hydroxylation sites is 2. The maximum atomic E-state index is 13.3. The first-order valence-electron chi connectivity index (χ1n) is 9.83. The van der Waals surface area contributed by atoms with Crippen LogP contribution in [-0.2, 0) is 17.8 Å². The van der Waals surface area contributed by atoms with Crippen molar-refractivity contribution in [2.24, 2.45) is 0 Å². The van der Waals surface area contributed by atoms with Crippen molar-refractivity contribution < 1.29 is 9.18 Å². The summed E-state index contributed by atoms with van der Waals surface area (Å²) in [4.78, 5) is 17.2. The second kappa shape index (κ2) is 9.13. The molecule has 0 radical (unpaired) electrons. The Hall–Kier alpha value is -3.12. The minimum Gasteiger partial charge on any atom is -0.325 e. The summed E-state index contributed by atoms with van der Waals surface area (Å²) in [6.07, 6.45) is 0.922. The van der Waals surface area contributed by atoms with Gasteiger partial charge in [0.2, 0.25) is 5.91 Å². The molecule has 6 heteroatoms. The number of nitrogens with one attached hydrogen (secondary N) is 1. The van der Waals surface area contributed by atoms with Crippen LogP contribution in [0.5, 0.6) is 0 Å². The lowest BCUT2D eigenvalue weighted by molar-refractivity contribution is -0.113. The van der Waals surface area contributed by atoms with E-state index in [0.29, 0.717) is 6.54 Å². The molecule has 152 valence electrons. The second-order valence-corrected chi connectivity index (χ2v) is 7.93. The SMILES string of the molecule is CCc1cccc(NC(=O)CSc2nc3ccccc3n2Cc2ccc(F)cc2)c1.